The Morgan fingerprint density at radius 2 is 2.06 bits per heavy atom. The molecule has 0 spiro atoms. The van der Waals surface area contributed by atoms with Gasteiger partial charge in [-0.15, -0.1) is 0 Å². The molecule has 0 aliphatic carbocycles. The van der Waals surface area contributed by atoms with Crippen molar-refractivity contribution in [2.45, 2.75) is 13.0 Å². The van der Waals surface area contributed by atoms with Crippen molar-refractivity contribution in [3.05, 3.63) is 48.0 Å². The van der Waals surface area contributed by atoms with Crippen molar-refractivity contribution in [1.82, 2.24) is 9.97 Å². The van der Waals surface area contributed by atoms with E-state index in [-0.39, 0.29) is 11.9 Å². The van der Waals surface area contributed by atoms with Crippen molar-refractivity contribution in [1.29, 1.82) is 0 Å². The minimum absolute atomic E-state index is 0.202. The number of aromatic nitrogens is 2. The maximum absolute atomic E-state index is 13.5. The summed E-state index contributed by atoms with van der Waals surface area (Å²) in [7, 11) is 0. The highest BCUT2D eigenvalue weighted by atomic mass is 19.1. The molecule has 0 saturated carbocycles. The molecule has 0 radical (unpaired) electrons. The van der Waals surface area contributed by atoms with Crippen LogP contribution in [0.3, 0.4) is 0 Å². The largest absolute Gasteiger partial charge is 0.382 e. The van der Waals surface area contributed by atoms with E-state index in [1.54, 1.807) is 24.4 Å². The molecule has 1 unspecified atom stereocenters. The molecule has 0 aliphatic heterocycles. The van der Waals surface area contributed by atoms with Crippen LogP contribution in [-0.4, -0.2) is 9.97 Å². The molecule has 17 heavy (non-hydrogen) atoms. The predicted octanol–water partition coefficient (Wildman–Crippen LogP) is 2.37. The maximum atomic E-state index is 13.5. The van der Waals surface area contributed by atoms with Crippen LogP contribution in [0.2, 0.25) is 0 Å². The van der Waals surface area contributed by atoms with Crippen LogP contribution < -0.4 is 11.1 Å². The number of nitrogens with one attached hydrogen (secondary N) is 1. The Morgan fingerprint density at radius 3 is 2.76 bits per heavy atom. The third-order valence-electron chi connectivity index (χ3n) is 2.39. The number of nitrogens with zero attached hydrogens (tertiary/aromatic N) is 2. The van der Waals surface area contributed by atoms with Gasteiger partial charge in [-0.25, -0.2) is 9.37 Å². The molecule has 2 aromatic rings. The van der Waals surface area contributed by atoms with Gasteiger partial charge in [0.15, 0.2) is 0 Å². The van der Waals surface area contributed by atoms with Crippen LogP contribution in [0.5, 0.6) is 0 Å². The van der Waals surface area contributed by atoms with E-state index in [0.29, 0.717) is 17.2 Å². The first-order chi connectivity index (χ1) is 8.16. The molecule has 2 rings (SSSR count). The monoisotopic (exact) mass is 232 g/mol. The number of halogens is 1. The summed E-state index contributed by atoms with van der Waals surface area (Å²) in [5, 5.41) is 3.05. The Morgan fingerprint density at radius 1 is 1.29 bits per heavy atom. The summed E-state index contributed by atoms with van der Waals surface area (Å²) in [5.41, 5.74) is 6.10. The second kappa shape index (κ2) is 4.78. The second-order valence-electron chi connectivity index (χ2n) is 3.72. The highest BCUT2D eigenvalue weighted by Gasteiger charge is 2.10. The first-order valence-corrected chi connectivity index (χ1v) is 5.25. The topological polar surface area (TPSA) is 63.8 Å². The van der Waals surface area contributed by atoms with E-state index in [4.69, 9.17) is 5.73 Å². The van der Waals surface area contributed by atoms with Crippen LogP contribution in [0.1, 0.15) is 18.5 Å². The lowest BCUT2D eigenvalue weighted by Gasteiger charge is -2.15. The van der Waals surface area contributed by atoms with Gasteiger partial charge >= 0.3 is 0 Å². The van der Waals surface area contributed by atoms with Gasteiger partial charge in [-0.1, -0.05) is 18.2 Å². The second-order valence-corrected chi connectivity index (χ2v) is 3.72. The van der Waals surface area contributed by atoms with E-state index < -0.39 is 0 Å². The first-order valence-electron chi connectivity index (χ1n) is 5.25. The zero-order valence-corrected chi connectivity index (χ0v) is 9.39. The molecule has 88 valence electrons. The van der Waals surface area contributed by atoms with Crippen molar-refractivity contribution in [2.75, 3.05) is 11.1 Å². The number of anilines is 2. The number of hydrogen-bond donors (Lipinski definition) is 2. The molecule has 5 heteroatoms. The van der Waals surface area contributed by atoms with Crippen LogP contribution in [0, 0.1) is 5.82 Å². The molecule has 0 aliphatic rings. The van der Waals surface area contributed by atoms with Gasteiger partial charge < -0.3 is 11.1 Å². The van der Waals surface area contributed by atoms with Crippen molar-refractivity contribution in [2.24, 2.45) is 0 Å². The average molecular weight is 232 g/mol. The van der Waals surface area contributed by atoms with Gasteiger partial charge in [0, 0.05) is 5.56 Å². The maximum Gasteiger partial charge on any atom is 0.147 e. The van der Waals surface area contributed by atoms with Crippen LogP contribution in [0.15, 0.2) is 36.7 Å². The molecule has 1 heterocycles. The third kappa shape index (κ3) is 2.69. The molecule has 0 bridgehead atoms. The molecule has 0 amide bonds. The Balaban J connectivity index is 2.17. The van der Waals surface area contributed by atoms with Gasteiger partial charge in [0.05, 0.1) is 18.4 Å². The SMILES string of the molecule is CC(Nc1cncc(N)n1)c1ccccc1F. The van der Waals surface area contributed by atoms with Gasteiger partial charge in [-0.3, -0.25) is 4.98 Å². The molecule has 4 nitrogen and oxygen atoms in total. The first kappa shape index (κ1) is 11.3. The zero-order valence-electron chi connectivity index (χ0n) is 9.39. The lowest BCUT2D eigenvalue weighted by molar-refractivity contribution is 0.600. The summed E-state index contributed by atoms with van der Waals surface area (Å²) in [4.78, 5) is 7.96. The summed E-state index contributed by atoms with van der Waals surface area (Å²) in [6.45, 7) is 1.85. The predicted molar refractivity (Wildman–Crippen MR) is 64.9 cm³/mol. The Hall–Kier alpha value is -2.17. The highest BCUT2D eigenvalue weighted by molar-refractivity contribution is 5.41. The number of benzene rings is 1. The number of nitrogens with two attached hydrogens (primary N) is 1. The quantitative estimate of drug-likeness (QED) is 0.852. The van der Waals surface area contributed by atoms with E-state index in [1.807, 2.05) is 6.92 Å². The van der Waals surface area contributed by atoms with Crippen molar-refractivity contribution in [3.8, 4) is 0 Å². The standard InChI is InChI=1S/C12H13FN4/c1-8(9-4-2-3-5-10(9)13)16-12-7-15-6-11(14)17-12/h2-8H,1H3,(H3,14,16,17). The van der Waals surface area contributed by atoms with Crippen LogP contribution in [-0.2, 0) is 0 Å². The summed E-state index contributed by atoms with van der Waals surface area (Å²) in [6, 6.07) is 6.41. The summed E-state index contributed by atoms with van der Waals surface area (Å²) in [5.74, 6) is 0.612. The van der Waals surface area contributed by atoms with Gasteiger partial charge in [0.25, 0.3) is 0 Å². The molecule has 3 N–H and O–H groups in total. The van der Waals surface area contributed by atoms with Gasteiger partial charge in [-0.05, 0) is 13.0 Å². The van der Waals surface area contributed by atoms with E-state index in [1.165, 1.54) is 12.3 Å². The summed E-state index contributed by atoms with van der Waals surface area (Å²) in [6.07, 6.45) is 3.01. The zero-order chi connectivity index (χ0) is 12.3. The molecular formula is C12H13FN4. The van der Waals surface area contributed by atoms with Crippen LogP contribution >= 0.6 is 0 Å². The lowest BCUT2D eigenvalue weighted by atomic mass is 10.1. The fourth-order valence-electron chi connectivity index (χ4n) is 1.58. The molecule has 1 aromatic heterocycles. The van der Waals surface area contributed by atoms with Crippen molar-refractivity contribution >= 4 is 11.6 Å². The lowest BCUT2D eigenvalue weighted by Crippen LogP contribution is -2.10. The van der Waals surface area contributed by atoms with Crippen molar-refractivity contribution < 1.29 is 4.39 Å². The molecule has 1 atom stereocenters. The fourth-order valence-corrected chi connectivity index (χ4v) is 1.58. The minimum Gasteiger partial charge on any atom is -0.382 e. The number of rotatable bonds is 3. The van der Waals surface area contributed by atoms with E-state index in [0.717, 1.165) is 0 Å². The van der Waals surface area contributed by atoms with Crippen molar-refractivity contribution in [3.63, 3.8) is 0 Å². The molecule has 0 saturated heterocycles. The number of nitrogen functional groups attached to an aromatic ring is 1. The van der Waals surface area contributed by atoms with E-state index in [9.17, 15) is 4.39 Å². The smallest absolute Gasteiger partial charge is 0.147 e. The van der Waals surface area contributed by atoms with Crippen LogP contribution in [0.4, 0.5) is 16.0 Å². The number of hydrogen-bond acceptors (Lipinski definition) is 4. The van der Waals surface area contributed by atoms with E-state index in [2.05, 4.69) is 15.3 Å². The summed E-state index contributed by atoms with van der Waals surface area (Å²) < 4.78 is 13.5. The minimum atomic E-state index is -0.246. The fraction of sp³-hybridized carbons (Fsp3) is 0.167. The molecular weight excluding hydrogens is 219 g/mol. The third-order valence-corrected chi connectivity index (χ3v) is 2.39. The Labute approximate surface area is 98.7 Å². The van der Waals surface area contributed by atoms with E-state index >= 15 is 0 Å². The summed E-state index contributed by atoms with van der Waals surface area (Å²) >= 11 is 0. The molecule has 1 aromatic carbocycles. The average Bonchev–Trinajstić information content (AvgIpc) is 2.29. The normalized spacial score (nSPS) is 12.1. The van der Waals surface area contributed by atoms with Gasteiger partial charge in [0.1, 0.15) is 17.5 Å². The Kier molecular flexibility index (Phi) is 3.18. The Bertz CT molecular complexity index is 515. The molecule has 0 fully saturated rings. The van der Waals surface area contributed by atoms with Gasteiger partial charge in [-0.2, -0.15) is 0 Å². The van der Waals surface area contributed by atoms with Gasteiger partial charge in [0.2, 0.25) is 0 Å². The highest BCUT2D eigenvalue weighted by Crippen LogP contribution is 2.20. The van der Waals surface area contributed by atoms with Crippen LogP contribution in [0.25, 0.3) is 0 Å².